The predicted octanol–water partition coefficient (Wildman–Crippen LogP) is 2.89. The van der Waals surface area contributed by atoms with Crippen molar-refractivity contribution in [1.82, 2.24) is 10.0 Å². The number of nitrogens with one attached hydrogen (secondary N) is 2. The van der Waals surface area contributed by atoms with Gasteiger partial charge in [-0.1, -0.05) is 18.2 Å². The molecule has 2 N–H and O–H groups in total. The summed E-state index contributed by atoms with van der Waals surface area (Å²) in [6.07, 6.45) is -4.37. The highest BCUT2D eigenvalue weighted by Gasteiger charge is 2.31. The maximum atomic E-state index is 12.2. The Morgan fingerprint density at radius 2 is 1.83 bits per heavy atom. The molecule has 0 unspecified atom stereocenters. The molecule has 0 saturated heterocycles. The molecule has 1 aliphatic heterocycles. The van der Waals surface area contributed by atoms with Crippen LogP contribution < -0.4 is 19.5 Å². The fourth-order valence-electron chi connectivity index (χ4n) is 2.96. The quantitative estimate of drug-likeness (QED) is 0.685. The highest BCUT2D eigenvalue weighted by molar-refractivity contribution is 7.89. The molecule has 2 aromatic carbocycles. The minimum atomic E-state index is -4.86. The van der Waals surface area contributed by atoms with E-state index in [0.29, 0.717) is 18.8 Å². The van der Waals surface area contributed by atoms with Crippen molar-refractivity contribution in [2.24, 2.45) is 0 Å². The summed E-state index contributed by atoms with van der Waals surface area (Å²) in [7, 11) is -3.98. The van der Waals surface area contributed by atoms with Crippen LogP contribution in [-0.4, -0.2) is 33.8 Å². The first kappa shape index (κ1) is 21.9. The van der Waals surface area contributed by atoms with Gasteiger partial charge in [0.2, 0.25) is 15.9 Å². The van der Waals surface area contributed by atoms with Crippen LogP contribution in [0.3, 0.4) is 0 Å². The van der Waals surface area contributed by atoms with E-state index in [1.165, 1.54) is 0 Å². The Morgan fingerprint density at radius 3 is 2.53 bits per heavy atom. The summed E-state index contributed by atoms with van der Waals surface area (Å²) in [5, 5.41) is 2.85. The first-order valence-electron chi connectivity index (χ1n) is 9.01. The van der Waals surface area contributed by atoms with E-state index in [4.69, 9.17) is 4.74 Å². The largest absolute Gasteiger partial charge is 0.573 e. The van der Waals surface area contributed by atoms with E-state index in [2.05, 4.69) is 14.8 Å². The van der Waals surface area contributed by atoms with Gasteiger partial charge < -0.3 is 14.8 Å². The van der Waals surface area contributed by atoms with E-state index < -0.39 is 22.1 Å². The van der Waals surface area contributed by atoms with Gasteiger partial charge in [-0.05, 0) is 30.3 Å². The van der Waals surface area contributed by atoms with Crippen molar-refractivity contribution in [3.63, 3.8) is 0 Å². The van der Waals surface area contributed by atoms with Gasteiger partial charge in [0, 0.05) is 24.9 Å². The molecule has 0 spiro atoms. The van der Waals surface area contributed by atoms with Crippen LogP contribution in [0.4, 0.5) is 13.2 Å². The van der Waals surface area contributed by atoms with Gasteiger partial charge in [0.15, 0.2) is 0 Å². The molecular weight excluding hydrogens is 425 g/mol. The molecule has 2 aromatic rings. The molecule has 0 radical (unpaired) electrons. The number of amides is 1. The fraction of sp³-hybridized carbons (Fsp3) is 0.316. The third-order valence-electron chi connectivity index (χ3n) is 4.31. The molecule has 0 bridgehead atoms. The maximum Gasteiger partial charge on any atom is 0.573 e. The summed E-state index contributed by atoms with van der Waals surface area (Å²) in [6, 6.07) is 10.9. The summed E-state index contributed by atoms with van der Waals surface area (Å²) in [5.74, 6) is -0.168. The topological polar surface area (TPSA) is 93.7 Å². The summed E-state index contributed by atoms with van der Waals surface area (Å²) in [6.45, 7) is 0.294. The lowest BCUT2D eigenvalue weighted by atomic mass is 10.0. The average molecular weight is 444 g/mol. The van der Waals surface area contributed by atoms with Crippen LogP contribution in [0.1, 0.15) is 24.4 Å². The molecule has 162 valence electrons. The molecule has 0 aliphatic carbocycles. The Bertz CT molecular complexity index is 994. The van der Waals surface area contributed by atoms with E-state index in [1.54, 1.807) is 0 Å². The van der Waals surface area contributed by atoms with Gasteiger partial charge in [-0.2, -0.15) is 0 Å². The van der Waals surface area contributed by atoms with Crippen molar-refractivity contribution in [1.29, 1.82) is 0 Å². The molecule has 0 fully saturated rings. The lowest BCUT2D eigenvalue weighted by Gasteiger charge is -2.26. The van der Waals surface area contributed by atoms with Crippen LogP contribution in [0, 0.1) is 0 Å². The highest BCUT2D eigenvalue weighted by atomic mass is 32.2. The molecule has 30 heavy (non-hydrogen) atoms. The molecule has 7 nitrogen and oxygen atoms in total. The van der Waals surface area contributed by atoms with Crippen molar-refractivity contribution in [3.05, 3.63) is 54.1 Å². The number of benzene rings is 2. The molecular formula is C19H19F3N2O5S. The van der Waals surface area contributed by atoms with Gasteiger partial charge >= 0.3 is 6.36 Å². The van der Waals surface area contributed by atoms with Crippen molar-refractivity contribution >= 4 is 15.9 Å². The minimum Gasteiger partial charge on any atom is -0.493 e. The van der Waals surface area contributed by atoms with Gasteiger partial charge in [0.25, 0.3) is 0 Å². The van der Waals surface area contributed by atoms with Gasteiger partial charge in [0.1, 0.15) is 11.5 Å². The van der Waals surface area contributed by atoms with Crippen molar-refractivity contribution in [3.8, 4) is 11.5 Å². The van der Waals surface area contributed by atoms with Gasteiger partial charge in [-0.3, -0.25) is 4.79 Å². The molecule has 0 saturated carbocycles. The van der Waals surface area contributed by atoms with Crippen molar-refractivity contribution in [2.75, 3.05) is 13.2 Å². The number of carbonyl (C=O) groups is 1. The summed E-state index contributed by atoms with van der Waals surface area (Å²) in [4.78, 5) is 12.0. The van der Waals surface area contributed by atoms with Crippen LogP contribution in [-0.2, 0) is 14.8 Å². The Balaban J connectivity index is 1.51. The molecule has 0 aromatic heterocycles. The van der Waals surface area contributed by atoms with Gasteiger partial charge in [-0.25, -0.2) is 13.1 Å². The number of halogens is 3. The number of sulfonamides is 1. The number of rotatable bonds is 7. The number of carbonyl (C=O) groups excluding carboxylic acids is 1. The normalized spacial score (nSPS) is 16.3. The Morgan fingerprint density at radius 1 is 1.13 bits per heavy atom. The smallest absolute Gasteiger partial charge is 0.493 e. The van der Waals surface area contributed by atoms with E-state index >= 15 is 0 Å². The predicted molar refractivity (Wildman–Crippen MR) is 100 cm³/mol. The van der Waals surface area contributed by atoms with Crippen LogP contribution in [0.2, 0.25) is 0 Å². The lowest BCUT2D eigenvalue weighted by Crippen LogP contribution is -2.35. The monoisotopic (exact) mass is 444 g/mol. The average Bonchev–Trinajstić information content (AvgIpc) is 2.67. The highest BCUT2D eigenvalue weighted by Crippen LogP contribution is 2.31. The summed E-state index contributed by atoms with van der Waals surface area (Å²) in [5.41, 5.74) is 0.860. The molecule has 1 atom stereocenters. The Labute approximate surface area is 171 Å². The zero-order valence-electron chi connectivity index (χ0n) is 15.6. The third-order valence-corrected chi connectivity index (χ3v) is 5.78. The maximum absolute atomic E-state index is 12.2. The Kier molecular flexibility index (Phi) is 6.52. The second-order valence-electron chi connectivity index (χ2n) is 6.46. The summed E-state index contributed by atoms with van der Waals surface area (Å²) < 4.78 is 72.5. The number of alkyl halides is 3. The number of ether oxygens (including phenoxy) is 2. The van der Waals surface area contributed by atoms with E-state index in [-0.39, 0.29) is 29.8 Å². The van der Waals surface area contributed by atoms with Gasteiger partial charge in [0.05, 0.1) is 17.5 Å². The molecule has 11 heteroatoms. The second-order valence-corrected chi connectivity index (χ2v) is 8.23. The minimum absolute atomic E-state index is 0.103. The number of fused-ring (bicyclic) bond motifs is 1. The Hall–Kier alpha value is -2.79. The second kappa shape index (κ2) is 8.92. The number of para-hydroxylation sites is 1. The lowest BCUT2D eigenvalue weighted by molar-refractivity contribution is -0.274. The third kappa shape index (κ3) is 5.86. The molecule has 3 rings (SSSR count). The van der Waals surface area contributed by atoms with E-state index in [1.807, 2.05) is 24.3 Å². The van der Waals surface area contributed by atoms with Crippen molar-refractivity contribution in [2.45, 2.75) is 30.1 Å². The van der Waals surface area contributed by atoms with Gasteiger partial charge in [-0.15, -0.1) is 13.2 Å². The number of hydrogen-bond donors (Lipinski definition) is 2. The van der Waals surface area contributed by atoms with Crippen LogP contribution >= 0.6 is 0 Å². The fourth-order valence-corrected chi connectivity index (χ4v) is 3.99. The van der Waals surface area contributed by atoms with Crippen LogP contribution in [0.25, 0.3) is 0 Å². The zero-order valence-corrected chi connectivity index (χ0v) is 16.4. The standard InChI is InChI=1S/C19H19F3N2O5S/c20-19(21,22)29-13-5-7-14(8-6-13)30(26,27)23-11-9-18(25)24-16-10-12-28-17-4-2-1-3-15(16)17/h1-8,16,23H,9-12H2,(H,24,25)/t16-/m0/s1. The number of hydrogen-bond acceptors (Lipinski definition) is 5. The van der Waals surface area contributed by atoms with Crippen LogP contribution in [0.15, 0.2) is 53.4 Å². The molecule has 1 heterocycles. The zero-order chi connectivity index (χ0) is 21.8. The first-order chi connectivity index (χ1) is 14.1. The van der Waals surface area contributed by atoms with Crippen molar-refractivity contribution < 1.29 is 35.9 Å². The van der Waals surface area contributed by atoms with E-state index in [9.17, 15) is 26.4 Å². The molecule has 1 amide bonds. The SMILES string of the molecule is O=C(CCNS(=O)(=O)c1ccc(OC(F)(F)F)cc1)N[C@H]1CCOc2ccccc21. The van der Waals surface area contributed by atoms with E-state index in [0.717, 1.165) is 29.8 Å². The van der Waals surface area contributed by atoms with Crippen LogP contribution in [0.5, 0.6) is 11.5 Å². The molecule has 1 aliphatic rings. The summed E-state index contributed by atoms with van der Waals surface area (Å²) >= 11 is 0. The first-order valence-corrected chi connectivity index (χ1v) is 10.5.